The Balaban J connectivity index is 3.29. The standard InChI is InChI=1S/C12H17Br/c1-8-6-10(12(3,4)5)7-11(13)9(8)2/h6-7H,1-5H3. The molecule has 1 aromatic rings. The fourth-order valence-corrected chi connectivity index (χ4v) is 1.81. The van der Waals surface area contributed by atoms with Crippen molar-refractivity contribution in [2.75, 3.05) is 0 Å². The lowest BCUT2D eigenvalue weighted by Gasteiger charge is -2.21. The van der Waals surface area contributed by atoms with Gasteiger partial charge < -0.3 is 0 Å². The minimum absolute atomic E-state index is 0.237. The topological polar surface area (TPSA) is 0 Å². The van der Waals surface area contributed by atoms with E-state index in [0.717, 1.165) is 0 Å². The van der Waals surface area contributed by atoms with Gasteiger partial charge in [-0.1, -0.05) is 42.8 Å². The van der Waals surface area contributed by atoms with Crippen LogP contribution in [-0.2, 0) is 5.41 Å². The van der Waals surface area contributed by atoms with Gasteiger partial charge in [-0.15, -0.1) is 0 Å². The van der Waals surface area contributed by atoms with Gasteiger partial charge in [0.1, 0.15) is 0 Å². The highest BCUT2D eigenvalue weighted by molar-refractivity contribution is 9.10. The first-order chi connectivity index (χ1) is 5.82. The summed E-state index contributed by atoms with van der Waals surface area (Å²) in [5, 5.41) is 0. The Morgan fingerprint density at radius 1 is 1.08 bits per heavy atom. The number of rotatable bonds is 0. The quantitative estimate of drug-likeness (QED) is 0.632. The van der Waals surface area contributed by atoms with Gasteiger partial charge in [0.05, 0.1) is 0 Å². The fourth-order valence-electron chi connectivity index (χ4n) is 1.25. The highest BCUT2D eigenvalue weighted by Crippen LogP contribution is 2.29. The molecule has 13 heavy (non-hydrogen) atoms. The van der Waals surface area contributed by atoms with Crippen molar-refractivity contribution in [3.63, 3.8) is 0 Å². The highest BCUT2D eigenvalue weighted by atomic mass is 79.9. The summed E-state index contributed by atoms with van der Waals surface area (Å²) in [5.74, 6) is 0. The van der Waals surface area contributed by atoms with Gasteiger partial charge in [0, 0.05) is 4.47 Å². The molecule has 0 aliphatic heterocycles. The molecular weight excluding hydrogens is 224 g/mol. The van der Waals surface area contributed by atoms with E-state index < -0.39 is 0 Å². The van der Waals surface area contributed by atoms with Crippen LogP contribution in [0.5, 0.6) is 0 Å². The molecule has 0 radical (unpaired) electrons. The van der Waals surface area contributed by atoms with Gasteiger partial charge in [-0.2, -0.15) is 0 Å². The SMILES string of the molecule is Cc1cc(C(C)(C)C)cc(Br)c1C. The molecule has 0 heterocycles. The fraction of sp³-hybridized carbons (Fsp3) is 0.500. The van der Waals surface area contributed by atoms with E-state index in [0.29, 0.717) is 0 Å². The third-order valence-corrected chi connectivity index (χ3v) is 3.29. The summed E-state index contributed by atoms with van der Waals surface area (Å²) in [4.78, 5) is 0. The number of hydrogen-bond acceptors (Lipinski definition) is 0. The van der Waals surface area contributed by atoms with Crippen molar-refractivity contribution in [3.8, 4) is 0 Å². The van der Waals surface area contributed by atoms with Gasteiger partial charge in [0.25, 0.3) is 0 Å². The summed E-state index contributed by atoms with van der Waals surface area (Å²) >= 11 is 3.59. The lowest BCUT2D eigenvalue weighted by molar-refractivity contribution is 0.589. The van der Waals surface area contributed by atoms with Crippen LogP contribution >= 0.6 is 15.9 Å². The van der Waals surface area contributed by atoms with Crippen LogP contribution < -0.4 is 0 Å². The van der Waals surface area contributed by atoms with E-state index in [2.05, 4.69) is 62.7 Å². The van der Waals surface area contributed by atoms with Gasteiger partial charge in [0.2, 0.25) is 0 Å². The molecule has 1 rings (SSSR count). The van der Waals surface area contributed by atoms with E-state index in [1.165, 1.54) is 21.2 Å². The Kier molecular flexibility index (Phi) is 2.86. The lowest BCUT2D eigenvalue weighted by Crippen LogP contribution is -2.11. The number of aryl methyl sites for hydroxylation is 1. The molecule has 0 unspecified atom stereocenters. The predicted molar refractivity (Wildman–Crippen MR) is 62.3 cm³/mol. The third-order valence-electron chi connectivity index (χ3n) is 2.47. The molecule has 0 bridgehead atoms. The molecular formula is C12H17Br. The second-order valence-electron chi connectivity index (χ2n) is 4.65. The smallest absolute Gasteiger partial charge is 0.0210 e. The molecule has 0 N–H and O–H groups in total. The van der Waals surface area contributed by atoms with Crippen molar-refractivity contribution in [1.82, 2.24) is 0 Å². The average Bonchev–Trinajstić information content (AvgIpc) is 1.97. The summed E-state index contributed by atoms with van der Waals surface area (Å²) in [6.45, 7) is 11.0. The van der Waals surface area contributed by atoms with Crippen LogP contribution in [-0.4, -0.2) is 0 Å². The van der Waals surface area contributed by atoms with Crippen LogP contribution in [0, 0.1) is 13.8 Å². The van der Waals surface area contributed by atoms with Crippen molar-refractivity contribution < 1.29 is 0 Å². The normalized spacial score (nSPS) is 11.8. The van der Waals surface area contributed by atoms with E-state index >= 15 is 0 Å². The van der Waals surface area contributed by atoms with Crippen molar-refractivity contribution in [1.29, 1.82) is 0 Å². The van der Waals surface area contributed by atoms with Gasteiger partial charge in [-0.05, 0) is 42.0 Å². The monoisotopic (exact) mass is 240 g/mol. The summed E-state index contributed by atoms with van der Waals surface area (Å²) in [6, 6.07) is 4.50. The van der Waals surface area contributed by atoms with Crippen LogP contribution in [0.4, 0.5) is 0 Å². The first-order valence-electron chi connectivity index (χ1n) is 4.59. The Bertz CT molecular complexity index is 295. The molecule has 0 saturated carbocycles. The van der Waals surface area contributed by atoms with Gasteiger partial charge in [-0.25, -0.2) is 0 Å². The maximum absolute atomic E-state index is 3.59. The summed E-state index contributed by atoms with van der Waals surface area (Å²) in [5.41, 5.74) is 4.33. The zero-order valence-corrected chi connectivity index (χ0v) is 10.6. The van der Waals surface area contributed by atoms with Crippen molar-refractivity contribution >= 4 is 15.9 Å². The summed E-state index contributed by atoms with van der Waals surface area (Å²) in [6.07, 6.45) is 0. The van der Waals surface area contributed by atoms with Crippen LogP contribution in [0.3, 0.4) is 0 Å². The third kappa shape index (κ3) is 2.34. The number of halogens is 1. The van der Waals surface area contributed by atoms with Gasteiger partial charge >= 0.3 is 0 Å². The predicted octanol–water partition coefficient (Wildman–Crippen LogP) is 4.36. The zero-order chi connectivity index (χ0) is 10.2. The van der Waals surface area contributed by atoms with Gasteiger partial charge in [0.15, 0.2) is 0 Å². The molecule has 72 valence electrons. The first kappa shape index (κ1) is 10.8. The molecule has 1 aromatic carbocycles. The first-order valence-corrected chi connectivity index (χ1v) is 5.39. The van der Waals surface area contributed by atoms with E-state index in [9.17, 15) is 0 Å². The molecule has 1 heteroatoms. The largest absolute Gasteiger partial charge is 0.0561 e. The van der Waals surface area contributed by atoms with Gasteiger partial charge in [-0.3, -0.25) is 0 Å². The number of hydrogen-bond donors (Lipinski definition) is 0. The van der Waals surface area contributed by atoms with Crippen molar-refractivity contribution in [2.45, 2.75) is 40.0 Å². The highest BCUT2D eigenvalue weighted by Gasteiger charge is 2.15. The Labute approximate surface area is 89.5 Å². The second-order valence-corrected chi connectivity index (χ2v) is 5.50. The molecule has 0 nitrogen and oxygen atoms in total. The second kappa shape index (κ2) is 3.45. The maximum Gasteiger partial charge on any atom is 0.0210 e. The summed E-state index contributed by atoms with van der Waals surface area (Å²) < 4.78 is 1.22. The Morgan fingerprint density at radius 3 is 2.00 bits per heavy atom. The van der Waals surface area contributed by atoms with E-state index in [-0.39, 0.29) is 5.41 Å². The molecule has 0 spiro atoms. The molecule has 0 atom stereocenters. The minimum Gasteiger partial charge on any atom is -0.0561 e. The minimum atomic E-state index is 0.237. The molecule has 0 aromatic heterocycles. The Morgan fingerprint density at radius 2 is 1.62 bits per heavy atom. The Hall–Kier alpha value is -0.300. The zero-order valence-electron chi connectivity index (χ0n) is 9.03. The molecule has 0 amide bonds. The average molecular weight is 241 g/mol. The van der Waals surface area contributed by atoms with Crippen LogP contribution in [0.1, 0.15) is 37.5 Å². The van der Waals surface area contributed by atoms with E-state index in [4.69, 9.17) is 0 Å². The van der Waals surface area contributed by atoms with E-state index in [1.807, 2.05) is 0 Å². The molecule has 0 saturated heterocycles. The van der Waals surface area contributed by atoms with Crippen LogP contribution in [0.15, 0.2) is 16.6 Å². The molecule has 0 fully saturated rings. The maximum atomic E-state index is 3.59. The van der Waals surface area contributed by atoms with Crippen LogP contribution in [0.25, 0.3) is 0 Å². The van der Waals surface area contributed by atoms with E-state index in [1.54, 1.807) is 0 Å². The van der Waals surface area contributed by atoms with Crippen LogP contribution in [0.2, 0.25) is 0 Å². The van der Waals surface area contributed by atoms with Crippen molar-refractivity contribution in [2.24, 2.45) is 0 Å². The van der Waals surface area contributed by atoms with Crippen molar-refractivity contribution in [3.05, 3.63) is 33.3 Å². The molecule has 0 aliphatic rings. The summed E-state index contributed by atoms with van der Waals surface area (Å²) in [7, 11) is 0. The molecule has 0 aliphatic carbocycles. The number of benzene rings is 1. The lowest BCUT2D eigenvalue weighted by atomic mass is 9.85.